The smallest absolute Gasteiger partial charge is 0.471 e. The first-order chi connectivity index (χ1) is 29.7. The zero-order chi connectivity index (χ0) is 45.9. The van der Waals surface area contributed by atoms with E-state index in [-0.39, 0.29) is 65.2 Å². The van der Waals surface area contributed by atoms with Crippen LogP contribution in [0.4, 0.5) is 26.3 Å². The number of hydrogen-bond acceptors (Lipinski definition) is 10. The van der Waals surface area contributed by atoms with Crippen LogP contribution < -0.4 is 24.8 Å². The lowest BCUT2D eigenvalue weighted by Crippen LogP contribution is -2.64. The minimum Gasteiger partial charge on any atom is -0.496 e. The highest BCUT2D eigenvalue weighted by molar-refractivity contribution is 6.02. The molecule has 0 spiro atoms. The molecule has 0 saturated carbocycles. The molecule has 63 heavy (non-hydrogen) atoms. The number of fused-ring (bicyclic) bond motifs is 1. The van der Waals surface area contributed by atoms with Gasteiger partial charge in [0.05, 0.1) is 68.8 Å². The summed E-state index contributed by atoms with van der Waals surface area (Å²) in [5.74, 6) is -4.88. The molecule has 2 N–H and O–H groups in total. The third-order valence-corrected chi connectivity index (χ3v) is 11.1. The molecule has 2 aliphatic rings. The van der Waals surface area contributed by atoms with E-state index >= 15 is 0 Å². The van der Waals surface area contributed by atoms with Gasteiger partial charge in [-0.3, -0.25) is 14.4 Å². The number of rotatable bonds is 13. The van der Waals surface area contributed by atoms with Crippen LogP contribution in [-0.2, 0) is 46.5 Å². The summed E-state index contributed by atoms with van der Waals surface area (Å²) in [6.45, 7) is 5.69. The second-order valence-electron chi connectivity index (χ2n) is 15.7. The summed E-state index contributed by atoms with van der Waals surface area (Å²) in [7, 11) is 2.69. The van der Waals surface area contributed by atoms with E-state index in [1.54, 1.807) is 80.6 Å². The van der Waals surface area contributed by atoms with Crippen molar-refractivity contribution in [1.29, 1.82) is 0 Å². The van der Waals surface area contributed by atoms with Gasteiger partial charge in [-0.25, -0.2) is 0 Å². The summed E-state index contributed by atoms with van der Waals surface area (Å²) < 4.78 is 126. The fraction of sp³-hybridized carbons (Fsp3) is 0.444. The van der Waals surface area contributed by atoms with E-state index in [1.165, 1.54) is 40.2 Å². The molecule has 0 bridgehead atoms. The third-order valence-electron chi connectivity index (χ3n) is 11.1. The van der Waals surface area contributed by atoms with Gasteiger partial charge in [-0.2, -0.15) is 26.3 Å². The van der Waals surface area contributed by atoms with E-state index in [4.69, 9.17) is 33.2 Å². The maximum atomic E-state index is 13.9. The molecule has 0 aromatic heterocycles. The van der Waals surface area contributed by atoms with Crippen LogP contribution in [0.2, 0.25) is 0 Å². The lowest BCUT2D eigenvalue weighted by Gasteiger charge is -2.48. The lowest BCUT2D eigenvalue weighted by atomic mass is 9.79. The molecule has 2 amide bonds. The van der Waals surface area contributed by atoms with Crippen molar-refractivity contribution in [3.63, 3.8) is 0 Å². The monoisotopic (exact) mass is 890 g/mol. The van der Waals surface area contributed by atoms with E-state index in [0.29, 0.717) is 11.1 Å². The Bertz CT molecular complexity index is 2260. The average Bonchev–Trinajstić information content (AvgIpc) is 3.22. The van der Waals surface area contributed by atoms with Crippen molar-refractivity contribution < 1.29 is 73.9 Å². The second-order valence-corrected chi connectivity index (χ2v) is 15.7. The predicted octanol–water partition coefficient (Wildman–Crippen LogP) is 8.14. The number of nitrogens with one attached hydrogen (secondary N) is 2. The molecule has 4 aromatic rings. The Morgan fingerprint density at radius 3 is 1.86 bits per heavy atom. The van der Waals surface area contributed by atoms with Crippen LogP contribution in [-0.4, -0.2) is 80.4 Å². The second kappa shape index (κ2) is 19.1. The van der Waals surface area contributed by atoms with Crippen molar-refractivity contribution in [2.75, 3.05) is 14.2 Å². The molecule has 0 aliphatic carbocycles. The van der Waals surface area contributed by atoms with Gasteiger partial charge in [0.1, 0.15) is 29.5 Å². The van der Waals surface area contributed by atoms with Gasteiger partial charge in [0, 0.05) is 30.7 Å². The zero-order valence-corrected chi connectivity index (χ0v) is 35.2. The van der Waals surface area contributed by atoms with Crippen LogP contribution in [0, 0.1) is 0 Å². The maximum Gasteiger partial charge on any atom is 0.471 e. The summed E-state index contributed by atoms with van der Waals surface area (Å²) in [5.41, 5.74) is 0.125. The van der Waals surface area contributed by atoms with E-state index < -0.39 is 78.3 Å². The predicted molar refractivity (Wildman–Crippen MR) is 215 cm³/mol. The average molecular weight is 891 g/mol. The van der Waals surface area contributed by atoms with Crippen molar-refractivity contribution >= 4 is 28.6 Å². The normalized spacial score (nSPS) is 25.2. The number of hydrogen-bond donors (Lipinski definition) is 2. The Morgan fingerprint density at radius 1 is 0.730 bits per heavy atom. The highest BCUT2D eigenvalue weighted by Gasteiger charge is 2.52. The van der Waals surface area contributed by atoms with Crippen LogP contribution in [0.1, 0.15) is 75.0 Å². The lowest BCUT2D eigenvalue weighted by molar-refractivity contribution is -0.196. The van der Waals surface area contributed by atoms with Gasteiger partial charge >= 0.3 is 30.1 Å². The Labute approximate surface area is 359 Å². The van der Waals surface area contributed by atoms with Crippen molar-refractivity contribution in [2.45, 2.75) is 114 Å². The minimum absolute atomic E-state index is 0.0117. The number of alkyl halides is 6. The van der Waals surface area contributed by atoms with Gasteiger partial charge in [-0.05, 0) is 55.7 Å². The summed E-state index contributed by atoms with van der Waals surface area (Å²) >= 11 is 0. The molecule has 340 valence electrons. The Hall–Kier alpha value is -5.43. The first kappa shape index (κ1) is 47.1. The Kier molecular flexibility index (Phi) is 14.3. The van der Waals surface area contributed by atoms with Gasteiger partial charge < -0.3 is 43.8 Å². The van der Waals surface area contributed by atoms with Crippen LogP contribution in [0.25, 0.3) is 10.8 Å². The zero-order valence-electron chi connectivity index (χ0n) is 35.2. The van der Waals surface area contributed by atoms with Crippen LogP contribution in [0.5, 0.6) is 17.2 Å². The quantitative estimate of drug-likeness (QED) is 0.0769. The van der Waals surface area contributed by atoms with Gasteiger partial charge in [-0.15, -0.1) is 0 Å². The summed E-state index contributed by atoms with van der Waals surface area (Å²) in [6, 6.07) is 20.9. The fourth-order valence-corrected chi connectivity index (χ4v) is 8.46. The fourth-order valence-electron chi connectivity index (χ4n) is 8.46. The van der Waals surface area contributed by atoms with Crippen molar-refractivity contribution in [3.05, 3.63) is 101 Å². The Balaban J connectivity index is 1.49. The van der Waals surface area contributed by atoms with E-state index in [0.717, 1.165) is 0 Å². The molecule has 8 atom stereocenters. The van der Waals surface area contributed by atoms with Gasteiger partial charge in [0.15, 0.2) is 0 Å². The topological polar surface area (TPSA) is 140 Å². The number of carbonyl (C=O) groups excluding carboxylic acids is 3. The molecule has 6 rings (SSSR count). The molecular weight excluding hydrogens is 842 g/mol. The van der Waals surface area contributed by atoms with Crippen LogP contribution in [0.15, 0.2) is 78.9 Å². The number of methoxy groups -OCH3 is 2. The number of benzene rings is 4. The highest BCUT2D eigenvalue weighted by atomic mass is 19.4. The molecule has 2 aliphatic heterocycles. The summed E-state index contributed by atoms with van der Waals surface area (Å²) in [6.07, 6.45) is -17.6. The molecule has 0 radical (unpaired) electrons. The highest BCUT2D eigenvalue weighted by Crippen LogP contribution is 2.52. The standard InChI is InChI=1S/C45H48F6N2O10/c1-24-38(59-22-27-13-9-7-10-14-27)31(52-41(55)44(46,47)48)20-34(61-24)29-19-30(39(58-6)37-32(57-5)17-18-33(36(29)37)63-26(3)54)35-21-43(4,53-42(56)45(49,50)51)40(25(2)62-35)60-23-28-15-11-8-12-16-28/h7-19,24-25,31,34-35,38,40H,20-23H2,1-6H3,(H,52,55)(H,53,56)/t24-,25+,31-,34-,35+,38-,40-,43+/m1/s1. The largest absolute Gasteiger partial charge is 0.496 e. The van der Waals surface area contributed by atoms with E-state index in [2.05, 4.69) is 10.6 Å². The Morgan fingerprint density at radius 2 is 1.30 bits per heavy atom. The number of esters is 1. The molecule has 2 heterocycles. The van der Waals surface area contributed by atoms with Crippen LogP contribution >= 0.6 is 0 Å². The van der Waals surface area contributed by atoms with E-state index in [9.17, 15) is 40.7 Å². The van der Waals surface area contributed by atoms with E-state index in [1.807, 2.05) is 0 Å². The molecule has 4 aromatic carbocycles. The molecule has 2 fully saturated rings. The molecule has 0 unspecified atom stereocenters. The first-order valence-corrected chi connectivity index (χ1v) is 20.0. The summed E-state index contributed by atoms with van der Waals surface area (Å²) in [4.78, 5) is 37.8. The van der Waals surface area contributed by atoms with Gasteiger partial charge in [0.25, 0.3) is 0 Å². The van der Waals surface area contributed by atoms with Gasteiger partial charge in [-0.1, -0.05) is 60.7 Å². The number of carbonyl (C=O) groups is 3. The molecule has 2 saturated heterocycles. The van der Waals surface area contributed by atoms with Gasteiger partial charge in [0.2, 0.25) is 0 Å². The van der Waals surface area contributed by atoms with Crippen molar-refractivity contribution in [2.24, 2.45) is 0 Å². The number of ether oxygens (including phenoxy) is 7. The molecule has 12 nitrogen and oxygen atoms in total. The first-order valence-electron chi connectivity index (χ1n) is 20.0. The number of amides is 2. The minimum atomic E-state index is -5.26. The SMILES string of the molecule is COc1ccc(OC(C)=O)c2c([C@H]3C[C@@H](NC(=O)C(F)(F)F)[C@H](OCc4ccccc4)[C@@H](C)O3)cc([C@@H]3C[C@](C)(NC(=O)C(F)(F)F)[C@H](OCc4ccccc4)[C@H](C)O3)c(OC)c12. The molecule has 18 heteroatoms. The van der Waals surface area contributed by atoms with Crippen molar-refractivity contribution in [1.82, 2.24) is 10.6 Å². The number of halogens is 6. The van der Waals surface area contributed by atoms with Crippen molar-refractivity contribution in [3.8, 4) is 17.2 Å². The third kappa shape index (κ3) is 10.7. The molecular formula is C45H48F6N2O10. The maximum absolute atomic E-state index is 13.9. The van der Waals surface area contributed by atoms with Crippen LogP contribution in [0.3, 0.4) is 0 Å². The summed E-state index contributed by atoms with van der Waals surface area (Å²) in [5, 5.41) is 4.64.